The van der Waals surface area contributed by atoms with Crippen LogP contribution in [-0.2, 0) is 0 Å². The Hall–Kier alpha value is -2.89. The van der Waals surface area contributed by atoms with Gasteiger partial charge in [0.2, 0.25) is 5.88 Å². The van der Waals surface area contributed by atoms with E-state index in [1.807, 2.05) is 48.5 Å². The number of hydrogen-bond acceptors (Lipinski definition) is 3. The molecule has 0 saturated heterocycles. The molecule has 0 fully saturated rings. The van der Waals surface area contributed by atoms with Gasteiger partial charge in [0.1, 0.15) is 0 Å². The largest absolute Gasteiger partial charge is 0.404 e. The van der Waals surface area contributed by atoms with Crippen LogP contribution in [-0.4, -0.2) is 15.7 Å². The van der Waals surface area contributed by atoms with Crippen molar-refractivity contribution in [2.24, 2.45) is 0 Å². The van der Waals surface area contributed by atoms with Crippen molar-refractivity contribution in [1.82, 2.24) is 9.78 Å². The normalized spacial score (nSPS) is 10.6. The van der Waals surface area contributed by atoms with Crippen molar-refractivity contribution >= 4 is 33.5 Å². The van der Waals surface area contributed by atoms with Gasteiger partial charge in [-0.3, -0.25) is 0 Å². The van der Waals surface area contributed by atoms with Crippen LogP contribution in [0.2, 0.25) is 5.02 Å². The maximum Gasteiger partial charge on any atom is 0.344 e. The molecular weight excluding hydrogens is 440 g/mol. The molecule has 28 heavy (non-hydrogen) atoms. The van der Waals surface area contributed by atoms with Crippen LogP contribution in [0.3, 0.4) is 0 Å². The molecule has 0 aliphatic rings. The molecule has 4 rings (SSSR count). The van der Waals surface area contributed by atoms with Gasteiger partial charge in [-0.15, -0.1) is 0 Å². The number of aromatic nitrogens is 2. The van der Waals surface area contributed by atoms with Gasteiger partial charge in [0.15, 0.2) is 0 Å². The Morgan fingerprint density at radius 3 is 2.32 bits per heavy atom. The summed E-state index contributed by atoms with van der Waals surface area (Å²) < 4.78 is 8.10. The van der Waals surface area contributed by atoms with E-state index < -0.39 is 5.97 Å². The van der Waals surface area contributed by atoms with E-state index in [9.17, 15) is 4.79 Å². The first-order valence-corrected chi connectivity index (χ1v) is 9.67. The summed E-state index contributed by atoms with van der Waals surface area (Å²) >= 11 is 9.71. The van der Waals surface area contributed by atoms with Gasteiger partial charge in [-0.25, -0.2) is 4.79 Å². The molecule has 3 aromatic carbocycles. The minimum Gasteiger partial charge on any atom is -0.404 e. The maximum atomic E-state index is 12.6. The molecule has 1 aromatic heterocycles. The molecule has 0 aliphatic heterocycles. The van der Waals surface area contributed by atoms with Crippen LogP contribution in [0.15, 0.2) is 89.4 Å². The summed E-state index contributed by atoms with van der Waals surface area (Å²) in [6, 6.07) is 25.6. The predicted octanol–water partition coefficient (Wildman–Crippen LogP) is 6.17. The Bertz CT molecular complexity index is 1130. The summed E-state index contributed by atoms with van der Waals surface area (Å²) in [6.45, 7) is 0. The van der Waals surface area contributed by atoms with Crippen molar-refractivity contribution in [3.05, 3.63) is 100.0 Å². The second kappa shape index (κ2) is 8.00. The number of carbonyl (C=O) groups excluding carboxylic acids is 1. The highest BCUT2D eigenvalue weighted by molar-refractivity contribution is 9.10. The van der Waals surface area contributed by atoms with E-state index >= 15 is 0 Å². The molecule has 1 heterocycles. The quantitative estimate of drug-likeness (QED) is 0.347. The summed E-state index contributed by atoms with van der Waals surface area (Å²) in [5.74, 6) is -0.180. The average Bonchev–Trinajstić information content (AvgIpc) is 3.13. The van der Waals surface area contributed by atoms with Crippen LogP contribution in [0, 0.1) is 0 Å². The number of carbonyl (C=O) groups is 1. The number of para-hydroxylation sites is 1. The Labute approximate surface area is 175 Å². The Kier molecular flexibility index (Phi) is 5.28. The van der Waals surface area contributed by atoms with Gasteiger partial charge < -0.3 is 4.74 Å². The van der Waals surface area contributed by atoms with E-state index in [1.165, 1.54) is 0 Å². The van der Waals surface area contributed by atoms with Crippen LogP contribution < -0.4 is 4.74 Å². The average molecular weight is 454 g/mol. The molecule has 6 heteroatoms. The van der Waals surface area contributed by atoms with Crippen molar-refractivity contribution in [3.63, 3.8) is 0 Å². The third kappa shape index (κ3) is 3.86. The highest BCUT2D eigenvalue weighted by atomic mass is 79.9. The minimum absolute atomic E-state index is 0.292. The highest BCUT2D eigenvalue weighted by Crippen LogP contribution is 2.30. The Balaban J connectivity index is 1.76. The van der Waals surface area contributed by atoms with Crippen molar-refractivity contribution < 1.29 is 9.53 Å². The molecule has 138 valence electrons. The number of ether oxygens (including phenoxy) is 1. The SMILES string of the molecule is O=C(Oc1cc(-c2ccccc2)nn1-c1ccccc1Cl)c1ccc(Br)cc1. The number of nitrogens with zero attached hydrogens (tertiary/aromatic N) is 2. The van der Waals surface area contributed by atoms with Crippen molar-refractivity contribution in [2.75, 3.05) is 0 Å². The first-order valence-electron chi connectivity index (χ1n) is 8.50. The maximum absolute atomic E-state index is 12.6. The summed E-state index contributed by atoms with van der Waals surface area (Å²) in [6.07, 6.45) is 0. The first-order chi connectivity index (χ1) is 13.6. The van der Waals surface area contributed by atoms with E-state index in [-0.39, 0.29) is 0 Å². The Morgan fingerprint density at radius 2 is 1.61 bits per heavy atom. The van der Waals surface area contributed by atoms with Crippen LogP contribution >= 0.6 is 27.5 Å². The zero-order valence-corrected chi connectivity index (χ0v) is 16.9. The standard InChI is InChI=1S/C22H14BrClN2O2/c23-17-12-10-16(11-13-17)22(27)28-21-14-19(15-6-2-1-3-7-15)25-26(21)20-9-5-4-8-18(20)24/h1-14H. The van der Waals surface area contributed by atoms with Crippen LogP contribution in [0.1, 0.15) is 10.4 Å². The number of benzene rings is 3. The zero-order valence-electron chi connectivity index (χ0n) is 14.5. The lowest BCUT2D eigenvalue weighted by Gasteiger charge is -2.09. The summed E-state index contributed by atoms with van der Waals surface area (Å²) in [4.78, 5) is 12.6. The fraction of sp³-hybridized carbons (Fsp3) is 0. The second-order valence-corrected chi connectivity index (χ2v) is 7.32. The zero-order chi connectivity index (χ0) is 19.5. The molecule has 0 atom stereocenters. The third-order valence-electron chi connectivity index (χ3n) is 4.10. The second-order valence-electron chi connectivity index (χ2n) is 5.99. The van der Waals surface area contributed by atoms with Gasteiger partial charge in [0, 0.05) is 16.1 Å². The molecule has 0 amide bonds. The van der Waals surface area contributed by atoms with Gasteiger partial charge in [0.05, 0.1) is 22.0 Å². The highest BCUT2D eigenvalue weighted by Gasteiger charge is 2.18. The molecule has 0 unspecified atom stereocenters. The van der Waals surface area contributed by atoms with Gasteiger partial charge in [0.25, 0.3) is 0 Å². The molecule has 0 bridgehead atoms. The third-order valence-corrected chi connectivity index (χ3v) is 4.95. The van der Waals surface area contributed by atoms with Gasteiger partial charge in [-0.05, 0) is 36.4 Å². The lowest BCUT2D eigenvalue weighted by Crippen LogP contribution is -2.11. The van der Waals surface area contributed by atoms with Crippen LogP contribution in [0.4, 0.5) is 0 Å². The topological polar surface area (TPSA) is 44.1 Å². The van der Waals surface area contributed by atoms with Crippen molar-refractivity contribution in [2.45, 2.75) is 0 Å². The van der Waals surface area contributed by atoms with Crippen molar-refractivity contribution in [3.8, 4) is 22.8 Å². The molecular formula is C22H14BrClN2O2. The van der Waals surface area contributed by atoms with E-state index in [2.05, 4.69) is 21.0 Å². The van der Waals surface area contributed by atoms with E-state index in [0.29, 0.717) is 27.8 Å². The fourth-order valence-corrected chi connectivity index (χ4v) is 3.20. The molecule has 0 saturated carbocycles. The van der Waals surface area contributed by atoms with Gasteiger partial charge >= 0.3 is 5.97 Å². The van der Waals surface area contributed by atoms with Crippen LogP contribution in [0.25, 0.3) is 16.9 Å². The molecule has 0 N–H and O–H groups in total. The number of esters is 1. The van der Waals surface area contributed by atoms with Gasteiger partial charge in [-0.2, -0.15) is 9.78 Å². The monoisotopic (exact) mass is 452 g/mol. The van der Waals surface area contributed by atoms with E-state index in [4.69, 9.17) is 16.3 Å². The first kappa shape index (κ1) is 18.5. The number of rotatable bonds is 4. The fourth-order valence-electron chi connectivity index (χ4n) is 2.72. The summed E-state index contributed by atoms with van der Waals surface area (Å²) in [5.41, 5.74) is 2.66. The smallest absolute Gasteiger partial charge is 0.344 e. The summed E-state index contributed by atoms with van der Waals surface area (Å²) in [7, 11) is 0. The van der Waals surface area contributed by atoms with Crippen molar-refractivity contribution in [1.29, 1.82) is 0 Å². The van der Waals surface area contributed by atoms with E-state index in [0.717, 1.165) is 10.0 Å². The minimum atomic E-state index is -0.472. The predicted molar refractivity (Wildman–Crippen MR) is 113 cm³/mol. The molecule has 0 radical (unpaired) electrons. The van der Waals surface area contributed by atoms with Gasteiger partial charge in [-0.1, -0.05) is 70.0 Å². The van der Waals surface area contributed by atoms with Crippen LogP contribution in [0.5, 0.6) is 5.88 Å². The lowest BCUT2D eigenvalue weighted by molar-refractivity contribution is 0.0723. The molecule has 4 aromatic rings. The lowest BCUT2D eigenvalue weighted by atomic mass is 10.2. The molecule has 0 spiro atoms. The Morgan fingerprint density at radius 1 is 0.929 bits per heavy atom. The molecule has 0 aliphatic carbocycles. The number of halogens is 2. The molecule has 4 nitrogen and oxygen atoms in total. The van der Waals surface area contributed by atoms with E-state index in [1.54, 1.807) is 41.1 Å². The number of hydrogen-bond donors (Lipinski definition) is 0. The summed E-state index contributed by atoms with van der Waals surface area (Å²) in [5, 5.41) is 5.13.